The van der Waals surface area contributed by atoms with Gasteiger partial charge in [-0.2, -0.15) is 0 Å². The maximum absolute atomic E-state index is 15.5. The highest BCUT2D eigenvalue weighted by Crippen LogP contribution is 2.54. The maximum atomic E-state index is 15.5. The van der Waals surface area contributed by atoms with E-state index in [1.807, 2.05) is 97.1 Å². The molecule has 218 valence electrons. The van der Waals surface area contributed by atoms with Gasteiger partial charge >= 0.3 is 0 Å². The first kappa shape index (κ1) is 26.7. The quantitative estimate of drug-likeness (QED) is 0.186. The molecule has 0 N–H and O–H groups in total. The summed E-state index contributed by atoms with van der Waals surface area (Å²) in [5.74, 6) is 2.81. The van der Waals surface area contributed by atoms with Gasteiger partial charge in [0.15, 0.2) is 30.1 Å². The Morgan fingerprint density at radius 1 is 0.391 bits per heavy atom. The molecule has 46 heavy (non-hydrogen) atoms. The highest BCUT2D eigenvalue weighted by atomic mass is 31.2. The minimum Gasteiger partial charge on any atom is -0.449 e. The van der Waals surface area contributed by atoms with E-state index in [2.05, 4.69) is 66.7 Å². The van der Waals surface area contributed by atoms with Gasteiger partial charge in [0.25, 0.3) is 0 Å². The largest absolute Gasteiger partial charge is 0.449 e. The molecule has 0 atom stereocenters. The summed E-state index contributed by atoms with van der Waals surface area (Å²) in [7, 11) is -3.20. The van der Waals surface area contributed by atoms with Crippen molar-refractivity contribution >= 4 is 55.4 Å². The van der Waals surface area contributed by atoms with Crippen LogP contribution >= 0.6 is 7.14 Å². The summed E-state index contributed by atoms with van der Waals surface area (Å²) in [5.41, 5.74) is 2.07. The summed E-state index contributed by atoms with van der Waals surface area (Å²) >= 11 is 0. The molecule has 9 rings (SSSR count). The zero-order valence-electron chi connectivity index (χ0n) is 24.8. The number of rotatable bonds is 4. The molecular formula is C42H27O3P. The number of benzene rings is 8. The van der Waals surface area contributed by atoms with Crippen LogP contribution in [0.4, 0.5) is 0 Å². The smallest absolute Gasteiger partial charge is 0.178 e. The second kappa shape index (κ2) is 10.5. The van der Waals surface area contributed by atoms with Crippen molar-refractivity contribution in [2.75, 3.05) is 0 Å². The molecule has 4 heteroatoms. The van der Waals surface area contributed by atoms with Gasteiger partial charge in [0.2, 0.25) is 0 Å². The van der Waals surface area contributed by atoms with E-state index in [1.165, 1.54) is 0 Å². The second-order valence-electron chi connectivity index (χ2n) is 11.6. The Balaban J connectivity index is 1.28. The van der Waals surface area contributed by atoms with E-state index >= 15 is 4.57 Å². The third kappa shape index (κ3) is 4.03. The molecule has 0 saturated heterocycles. The van der Waals surface area contributed by atoms with Gasteiger partial charge < -0.3 is 14.0 Å². The Morgan fingerprint density at radius 2 is 0.935 bits per heavy atom. The van der Waals surface area contributed by atoms with Gasteiger partial charge in [-0.25, -0.2) is 0 Å². The fraction of sp³-hybridized carbons (Fsp3) is 0. The fourth-order valence-corrected chi connectivity index (χ4v) is 9.71. The zero-order valence-corrected chi connectivity index (χ0v) is 25.7. The molecule has 0 unspecified atom stereocenters. The maximum Gasteiger partial charge on any atom is 0.178 e. The minimum atomic E-state index is -3.20. The molecule has 0 amide bonds. The molecule has 0 aliphatic carbocycles. The first-order valence-electron chi connectivity index (χ1n) is 15.4. The predicted octanol–water partition coefficient (Wildman–Crippen LogP) is 10.4. The summed E-state index contributed by atoms with van der Waals surface area (Å²) in [5, 5.41) is 8.59. The lowest BCUT2D eigenvalue weighted by molar-refractivity contribution is 0.367. The van der Waals surface area contributed by atoms with E-state index < -0.39 is 7.14 Å². The average molecular weight is 611 g/mol. The highest BCUT2D eigenvalue weighted by molar-refractivity contribution is 7.85. The summed E-state index contributed by atoms with van der Waals surface area (Å²) in [6, 6.07) is 54.8. The molecule has 0 fully saturated rings. The molecule has 0 bridgehead atoms. The van der Waals surface area contributed by atoms with Crippen LogP contribution in [0.15, 0.2) is 164 Å². The van der Waals surface area contributed by atoms with Crippen LogP contribution in [-0.4, -0.2) is 0 Å². The van der Waals surface area contributed by atoms with Crippen molar-refractivity contribution in [3.8, 4) is 34.1 Å². The molecule has 1 heterocycles. The van der Waals surface area contributed by atoms with Crippen LogP contribution < -0.4 is 25.4 Å². The molecule has 0 spiro atoms. The predicted molar refractivity (Wildman–Crippen MR) is 190 cm³/mol. The molecule has 0 aromatic heterocycles. The third-order valence-corrected chi connectivity index (χ3v) is 12.1. The van der Waals surface area contributed by atoms with Crippen LogP contribution in [0.5, 0.6) is 23.0 Å². The Bertz CT molecular complexity index is 2460. The second-order valence-corrected chi connectivity index (χ2v) is 14.3. The van der Waals surface area contributed by atoms with Gasteiger partial charge in [0.1, 0.15) is 0 Å². The Labute approximate surface area is 266 Å². The van der Waals surface area contributed by atoms with Gasteiger partial charge in [-0.05, 0) is 50.9 Å². The van der Waals surface area contributed by atoms with Crippen molar-refractivity contribution in [2.45, 2.75) is 0 Å². The van der Waals surface area contributed by atoms with Crippen LogP contribution in [0.3, 0.4) is 0 Å². The van der Waals surface area contributed by atoms with Crippen LogP contribution in [0.25, 0.3) is 43.4 Å². The molecule has 1 aliphatic rings. The van der Waals surface area contributed by atoms with Gasteiger partial charge in [-0.1, -0.05) is 146 Å². The number of hydrogen-bond donors (Lipinski definition) is 0. The van der Waals surface area contributed by atoms with Crippen molar-refractivity contribution in [3.63, 3.8) is 0 Å². The van der Waals surface area contributed by atoms with E-state index in [0.717, 1.165) is 65.1 Å². The Morgan fingerprint density at radius 3 is 1.63 bits per heavy atom. The van der Waals surface area contributed by atoms with Gasteiger partial charge in [0.05, 0.1) is 0 Å². The normalized spacial score (nSPS) is 12.3. The highest BCUT2D eigenvalue weighted by Gasteiger charge is 2.32. The molecule has 1 aliphatic heterocycles. The average Bonchev–Trinajstić information content (AvgIpc) is 3.14. The first-order valence-corrected chi connectivity index (χ1v) is 17.1. The van der Waals surface area contributed by atoms with Crippen molar-refractivity contribution in [1.82, 2.24) is 0 Å². The lowest BCUT2D eigenvalue weighted by Gasteiger charge is -2.25. The van der Waals surface area contributed by atoms with Gasteiger partial charge in [-0.15, -0.1) is 0 Å². The SMILES string of the molecule is O=P(c1ccccc1)(c1ccccc1)c1ccc(-c2cc3c(c4ccccc24)Oc2c(ccc4ccccc24)O3)c2ccccc12. The van der Waals surface area contributed by atoms with Crippen LogP contribution in [0, 0.1) is 0 Å². The van der Waals surface area contributed by atoms with E-state index in [-0.39, 0.29) is 0 Å². The van der Waals surface area contributed by atoms with Gasteiger partial charge in [0, 0.05) is 26.7 Å². The fourth-order valence-electron chi connectivity index (χ4n) is 6.85. The molecule has 8 aromatic rings. The monoisotopic (exact) mass is 610 g/mol. The Kier molecular flexibility index (Phi) is 6.09. The zero-order chi connectivity index (χ0) is 30.7. The molecule has 0 radical (unpaired) electrons. The van der Waals surface area contributed by atoms with E-state index in [0.29, 0.717) is 17.2 Å². The molecular weight excluding hydrogens is 583 g/mol. The van der Waals surface area contributed by atoms with E-state index in [4.69, 9.17) is 9.47 Å². The van der Waals surface area contributed by atoms with Crippen molar-refractivity contribution in [1.29, 1.82) is 0 Å². The van der Waals surface area contributed by atoms with Gasteiger partial charge in [-0.3, -0.25) is 0 Å². The number of ether oxygens (including phenoxy) is 2. The summed E-state index contributed by atoms with van der Waals surface area (Å²) in [4.78, 5) is 0. The van der Waals surface area contributed by atoms with Crippen molar-refractivity contribution < 1.29 is 14.0 Å². The Hall–Kier alpha value is -5.63. The molecule has 8 aromatic carbocycles. The third-order valence-electron chi connectivity index (χ3n) is 9.00. The van der Waals surface area contributed by atoms with E-state index in [1.54, 1.807) is 0 Å². The van der Waals surface area contributed by atoms with E-state index in [9.17, 15) is 0 Å². The van der Waals surface area contributed by atoms with Crippen molar-refractivity contribution in [2.24, 2.45) is 0 Å². The summed E-state index contributed by atoms with van der Waals surface area (Å²) in [6.07, 6.45) is 0. The molecule has 3 nitrogen and oxygen atoms in total. The minimum absolute atomic E-state index is 0.670. The van der Waals surface area contributed by atoms with Crippen LogP contribution in [0.2, 0.25) is 0 Å². The first-order chi connectivity index (χ1) is 22.7. The molecule has 0 saturated carbocycles. The van der Waals surface area contributed by atoms with Crippen molar-refractivity contribution in [3.05, 3.63) is 164 Å². The number of hydrogen-bond acceptors (Lipinski definition) is 3. The van der Waals surface area contributed by atoms with Crippen LogP contribution in [0.1, 0.15) is 0 Å². The topological polar surface area (TPSA) is 35.5 Å². The van der Waals surface area contributed by atoms with Crippen LogP contribution in [-0.2, 0) is 4.57 Å². The summed E-state index contributed by atoms with van der Waals surface area (Å²) < 4.78 is 28.7. The lowest BCUT2D eigenvalue weighted by atomic mass is 9.93. The summed E-state index contributed by atoms with van der Waals surface area (Å²) in [6.45, 7) is 0. The lowest BCUT2D eigenvalue weighted by Crippen LogP contribution is -2.25. The number of fused-ring (bicyclic) bond motifs is 7. The standard InChI is InChI=1S/C42H27O3P/c43-46(29-14-3-1-4-15-29,30-16-5-2-6-17-30)40-26-24-34(32-19-9-11-21-35(32)40)37-27-39-42(36-22-12-10-20-33(36)37)45-41-31-18-8-7-13-28(31)23-25-38(41)44-39/h1-27H.